The van der Waals surface area contributed by atoms with Crippen molar-refractivity contribution in [3.63, 3.8) is 0 Å². The van der Waals surface area contributed by atoms with Crippen molar-refractivity contribution in [3.8, 4) is 0 Å². The second-order valence-corrected chi connectivity index (χ2v) is 6.26. The summed E-state index contributed by atoms with van der Waals surface area (Å²) < 4.78 is 0. The molecule has 1 atom stereocenters. The summed E-state index contributed by atoms with van der Waals surface area (Å²) >= 11 is 0. The minimum absolute atomic E-state index is 0.0782. The Morgan fingerprint density at radius 1 is 1.33 bits per heavy atom. The summed E-state index contributed by atoms with van der Waals surface area (Å²) in [5, 5.41) is 6.35. The summed E-state index contributed by atoms with van der Waals surface area (Å²) in [6, 6.07) is 0.140. The number of piperidine rings is 1. The highest BCUT2D eigenvalue weighted by molar-refractivity contribution is 5.95. The van der Waals surface area contributed by atoms with E-state index in [-0.39, 0.29) is 11.9 Å². The third-order valence-corrected chi connectivity index (χ3v) is 4.31. The van der Waals surface area contributed by atoms with E-state index in [1.54, 1.807) is 6.20 Å². The fourth-order valence-corrected chi connectivity index (χ4v) is 2.44. The third kappa shape index (κ3) is 4.00. The first-order chi connectivity index (χ1) is 9.99. The molecule has 1 fully saturated rings. The smallest absolute Gasteiger partial charge is 0.254 e. The monoisotopic (exact) mass is 290 g/mol. The van der Waals surface area contributed by atoms with Crippen LogP contribution in [0.1, 0.15) is 61.4 Å². The van der Waals surface area contributed by atoms with Crippen LogP contribution < -0.4 is 10.6 Å². The number of aryl methyl sites for hydroxylation is 1. The molecular formula is C16H26N4O. The van der Waals surface area contributed by atoms with Gasteiger partial charge in [0.25, 0.3) is 5.91 Å². The molecular weight excluding hydrogens is 264 g/mol. The molecule has 1 aromatic rings. The fourth-order valence-electron chi connectivity index (χ4n) is 2.44. The molecule has 2 N–H and O–H groups in total. The SMILES string of the molecule is Cc1nc(C2CCNCC2)ncc1C(=O)N[C@H](C)C(C)C. The van der Waals surface area contributed by atoms with E-state index < -0.39 is 0 Å². The van der Waals surface area contributed by atoms with Gasteiger partial charge in [0.15, 0.2) is 0 Å². The first-order valence-electron chi connectivity index (χ1n) is 7.84. The van der Waals surface area contributed by atoms with Crippen molar-refractivity contribution in [1.29, 1.82) is 0 Å². The van der Waals surface area contributed by atoms with Gasteiger partial charge in [0, 0.05) is 18.2 Å². The Morgan fingerprint density at radius 3 is 2.57 bits per heavy atom. The van der Waals surface area contributed by atoms with Gasteiger partial charge in [-0.25, -0.2) is 9.97 Å². The lowest BCUT2D eigenvalue weighted by Gasteiger charge is -2.22. The van der Waals surface area contributed by atoms with Crippen molar-refractivity contribution >= 4 is 5.91 Å². The molecule has 0 aliphatic carbocycles. The molecule has 2 rings (SSSR count). The molecule has 0 bridgehead atoms. The van der Waals surface area contributed by atoms with Crippen LogP contribution in [0.3, 0.4) is 0 Å². The Balaban J connectivity index is 2.09. The molecule has 0 aromatic carbocycles. The van der Waals surface area contributed by atoms with E-state index in [1.165, 1.54) is 0 Å². The van der Waals surface area contributed by atoms with E-state index >= 15 is 0 Å². The lowest BCUT2D eigenvalue weighted by molar-refractivity contribution is 0.0929. The maximum atomic E-state index is 12.3. The molecule has 5 heteroatoms. The quantitative estimate of drug-likeness (QED) is 0.890. The lowest BCUT2D eigenvalue weighted by atomic mass is 9.97. The van der Waals surface area contributed by atoms with E-state index in [0.29, 0.717) is 17.4 Å². The number of hydrogen-bond acceptors (Lipinski definition) is 4. The van der Waals surface area contributed by atoms with Gasteiger partial charge < -0.3 is 10.6 Å². The molecule has 2 heterocycles. The minimum Gasteiger partial charge on any atom is -0.349 e. The molecule has 1 amide bonds. The zero-order chi connectivity index (χ0) is 15.4. The van der Waals surface area contributed by atoms with Crippen LogP contribution in [0.5, 0.6) is 0 Å². The van der Waals surface area contributed by atoms with E-state index in [2.05, 4.69) is 34.4 Å². The van der Waals surface area contributed by atoms with Gasteiger partial charge in [-0.05, 0) is 45.7 Å². The van der Waals surface area contributed by atoms with Gasteiger partial charge in [0.1, 0.15) is 5.82 Å². The van der Waals surface area contributed by atoms with Crippen LogP contribution in [0, 0.1) is 12.8 Å². The summed E-state index contributed by atoms with van der Waals surface area (Å²) in [6.07, 6.45) is 3.81. The second-order valence-electron chi connectivity index (χ2n) is 6.26. The molecule has 0 saturated carbocycles. The zero-order valence-corrected chi connectivity index (χ0v) is 13.4. The van der Waals surface area contributed by atoms with Crippen LogP contribution >= 0.6 is 0 Å². The largest absolute Gasteiger partial charge is 0.349 e. The molecule has 116 valence electrons. The Bertz CT molecular complexity index is 495. The molecule has 0 radical (unpaired) electrons. The molecule has 5 nitrogen and oxygen atoms in total. The van der Waals surface area contributed by atoms with Gasteiger partial charge in [0.2, 0.25) is 0 Å². The van der Waals surface area contributed by atoms with Crippen LogP contribution in [0.25, 0.3) is 0 Å². The Kier molecular flexibility index (Phi) is 5.28. The molecule has 21 heavy (non-hydrogen) atoms. The van der Waals surface area contributed by atoms with Crippen molar-refractivity contribution in [3.05, 3.63) is 23.3 Å². The Morgan fingerprint density at radius 2 is 2.00 bits per heavy atom. The number of aromatic nitrogens is 2. The molecule has 1 aromatic heterocycles. The van der Waals surface area contributed by atoms with Gasteiger partial charge in [-0.2, -0.15) is 0 Å². The number of hydrogen-bond donors (Lipinski definition) is 2. The third-order valence-electron chi connectivity index (χ3n) is 4.31. The van der Waals surface area contributed by atoms with Crippen molar-refractivity contribution in [2.75, 3.05) is 13.1 Å². The average Bonchev–Trinajstić information content (AvgIpc) is 2.47. The molecule has 1 aliphatic heterocycles. The predicted octanol–water partition coefficient (Wildman–Crippen LogP) is 2.03. The van der Waals surface area contributed by atoms with Gasteiger partial charge in [-0.1, -0.05) is 13.8 Å². The Labute approximate surface area is 127 Å². The topological polar surface area (TPSA) is 66.9 Å². The summed E-state index contributed by atoms with van der Waals surface area (Å²) in [5.74, 6) is 1.62. The van der Waals surface area contributed by atoms with Crippen molar-refractivity contribution in [2.24, 2.45) is 5.92 Å². The number of carbonyl (C=O) groups excluding carboxylic acids is 1. The maximum Gasteiger partial charge on any atom is 0.254 e. The van der Waals surface area contributed by atoms with Gasteiger partial charge in [-0.15, -0.1) is 0 Å². The van der Waals surface area contributed by atoms with Gasteiger partial charge >= 0.3 is 0 Å². The molecule has 1 aliphatic rings. The predicted molar refractivity (Wildman–Crippen MR) is 83.4 cm³/mol. The maximum absolute atomic E-state index is 12.3. The van der Waals surface area contributed by atoms with E-state index in [0.717, 1.165) is 37.4 Å². The minimum atomic E-state index is -0.0782. The van der Waals surface area contributed by atoms with Crippen LogP contribution in [0.15, 0.2) is 6.20 Å². The van der Waals surface area contributed by atoms with E-state index in [9.17, 15) is 4.79 Å². The first-order valence-corrected chi connectivity index (χ1v) is 7.84. The van der Waals surface area contributed by atoms with Crippen molar-refractivity contribution in [2.45, 2.75) is 52.5 Å². The average molecular weight is 290 g/mol. The molecule has 1 saturated heterocycles. The van der Waals surface area contributed by atoms with Crippen LogP contribution in [-0.4, -0.2) is 35.0 Å². The number of rotatable bonds is 4. The standard InChI is InChI=1S/C16H26N4O/c1-10(2)11(3)20-16(21)14-9-18-15(19-12(14)4)13-5-7-17-8-6-13/h9-11,13,17H,5-8H2,1-4H3,(H,20,21)/t11-/m1/s1. The van der Waals surface area contributed by atoms with Gasteiger partial charge in [0.05, 0.1) is 11.3 Å². The highest BCUT2D eigenvalue weighted by Crippen LogP contribution is 2.22. The number of amides is 1. The Hall–Kier alpha value is -1.49. The highest BCUT2D eigenvalue weighted by Gasteiger charge is 2.20. The van der Waals surface area contributed by atoms with Crippen LogP contribution in [0.4, 0.5) is 0 Å². The van der Waals surface area contributed by atoms with Crippen LogP contribution in [-0.2, 0) is 0 Å². The van der Waals surface area contributed by atoms with Crippen molar-refractivity contribution in [1.82, 2.24) is 20.6 Å². The number of nitrogens with one attached hydrogen (secondary N) is 2. The van der Waals surface area contributed by atoms with Gasteiger partial charge in [-0.3, -0.25) is 4.79 Å². The summed E-state index contributed by atoms with van der Waals surface area (Å²) in [6.45, 7) is 10.1. The zero-order valence-electron chi connectivity index (χ0n) is 13.4. The fraction of sp³-hybridized carbons (Fsp3) is 0.688. The second kappa shape index (κ2) is 6.98. The van der Waals surface area contributed by atoms with E-state index in [4.69, 9.17) is 0 Å². The van der Waals surface area contributed by atoms with Crippen molar-refractivity contribution < 1.29 is 4.79 Å². The summed E-state index contributed by atoms with van der Waals surface area (Å²) in [4.78, 5) is 21.3. The normalized spacial score (nSPS) is 17.8. The molecule has 0 unspecified atom stereocenters. The van der Waals surface area contributed by atoms with E-state index in [1.807, 2.05) is 13.8 Å². The summed E-state index contributed by atoms with van der Waals surface area (Å²) in [5.41, 5.74) is 1.35. The number of carbonyl (C=O) groups is 1. The summed E-state index contributed by atoms with van der Waals surface area (Å²) in [7, 11) is 0. The highest BCUT2D eigenvalue weighted by atomic mass is 16.1. The lowest BCUT2D eigenvalue weighted by Crippen LogP contribution is -2.36. The first kappa shape index (κ1) is 15.9. The van der Waals surface area contributed by atoms with Crippen LogP contribution in [0.2, 0.25) is 0 Å². The molecule has 0 spiro atoms. The number of nitrogens with zero attached hydrogens (tertiary/aromatic N) is 2.